The summed E-state index contributed by atoms with van der Waals surface area (Å²) in [5.74, 6) is -3.06. The van der Waals surface area contributed by atoms with Gasteiger partial charge in [0.1, 0.15) is 31.0 Å². The maximum absolute atomic E-state index is 12.3. The predicted octanol–water partition coefficient (Wildman–Crippen LogP) is -0.0488. The van der Waals surface area contributed by atoms with Crippen LogP contribution in [0.2, 0.25) is 0 Å². The van der Waals surface area contributed by atoms with Crippen molar-refractivity contribution in [3.63, 3.8) is 0 Å². The first-order chi connectivity index (χ1) is 16.6. The molecule has 0 unspecified atom stereocenters. The Hall–Kier alpha value is -3.29. The second kappa shape index (κ2) is 11.0. The average Bonchev–Trinajstić information content (AvgIpc) is 2.85. The van der Waals surface area contributed by atoms with Crippen molar-refractivity contribution >= 4 is 5.97 Å². The molecule has 0 radical (unpaired) electrons. The van der Waals surface area contributed by atoms with Gasteiger partial charge >= 0.3 is 5.97 Å². The van der Waals surface area contributed by atoms with Gasteiger partial charge in [-0.25, -0.2) is 4.79 Å². The van der Waals surface area contributed by atoms with E-state index in [9.17, 15) is 40.5 Å². The monoisotopic (exact) mass is 496 g/mol. The van der Waals surface area contributed by atoms with Gasteiger partial charge in [-0.05, 0) is 29.8 Å². The molecular formula is C23H28O12. The van der Waals surface area contributed by atoms with Crippen LogP contribution >= 0.6 is 0 Å². The number of phenols is 3. The van der Waals surface area contributed by atoms with E-state index in [0.717, 1.165) is 17.7 Å². The molecular weight excluding hydrogens is 468 g/mol. The molecule has 192 valence electrons. The van der Waals surface area contributed by atoms with Gasteiger partial charge in [0.05, 0.1) is 12.7 Å². The molecule has 0 bridgehead atoms. The minimum atomic E-state index is -1.71. The Balaban J connectivity index is 1.72. The van der Waals surface area contributed by atoms with E-state index in [1.807, 2.05) is 6.92 Å². The van der Waals surface area contributed by atoms with Crippen molar-refractivity contribution in [2.24, 2.45) is 0 Å². The molecule has 3 rings (SSSR count). The summed E-state index contributed by atoms with van der Waals surface area (Å²) in [7, 11) is 1.40. The van der Waals surface area contributed by atoms with Gasteiger partial charge < -0.3 is 54.7 Å². The highest BCUT2D eigenvalue weighted by Crippen LogP contribution is 2.36. The molecule has 0 spiro atoms. The number of phenolic OH excluding ortho intramolecular Hbond substituents is 3. The predicted molar refractivity (Wildman–Crippen MR) is 118 cm³/mol. The van der Waals surface area contributed by atoms with E-state index in [4.69, 9.17) is 18.9 Å². The lowest BCUT2D eigenvalue weighted by Crippen LogP contribution is -2.60. The zero-order valence-electron chi connectivity index (χ0n) is 18.9. The highest BCUT2D eigenvalue weighted by Gasteiger charge is 2.45. The molecule has 2 aromatic rings. The second-order valence-electron chi connectivity index (χ2n) is 8.09. The Labute approximate surface area is 200 Å². The molecule has 35 heavy (non-hydrogen) atoms. The van der Waals surface area contributed by atoms with Gasteiger partial charge in [0.25, 0.3) is 0 Å². The molecule has 0 aromatic heterocycles. The highest BCUT2D eigenvalue weighted by molar-refractivity contribution is 5.91. The zero-order chi connectivity index (χ0) is 25.9. The number of hydrogen-bond donors (Lipinski definition) is 7. The van der Waals surface area contributed by atoms with Gasteiger partial charge in [0, 0.05) is 12.5 Å². The molecule has 6 atom stereocenters. The molecule has 2 aromatic carbocycles. The second-order valence-corrected chi connectivity index (χ2v) is 8.09. The fourth-order valence-electron chi connectivity index (χ4n) is 3.43. The van der Waals surface area contributed by atoms with Crippen molar-refractivity contribution in [1.29, 1.82) is 0 Å². The van der Waals surface area contributed by atoms with Gasteiger partial charge in [-0.2, -0.15) is 0 Å². The third-order valence-electron chi connectivity index (χ3n) is 5.63. The van der Waals surface area contributed by atoms with Gasteiger partial charge in [-0.3, -0.25) is 0 Å². The van der Waals surface area contributed by atoms with E-state index >= 15 is 0 Å². The first kappa shape index (κ1) is 26.3. The van der Waals surface area contributed by atoms with E-state index in [-0.39, 0.29) is 29.6 Å². The van der Waals surface area contributed by atoms with Crippen molar-refractivity contribution in [2.45, 2.75) is 43.5 Å². The van der Waals surface area contributed by atoms with E-state index in [1.54, 1.807) is 12.1 Å². The molecule has 1 aliphatic heterocycles. The van der Waals surface area contributed by atoms with E-state index in [0.29, 0.717) is 0 Å². The van der Waals surface area contributed by atoms with E-state index in [1.165, 1.54) is 13.2 Å². The summed E-state index contributed by atoms with van der Waals surface area (Å²) in [6.07, 6.45) is -7.81. The third kappa shape index (κ3) is 5.69. The standard InChI is InChI=1S/C23H28O12/c1-10(8-24)11-3-4-15(16(7-11)32-2)34-23-21(30)20(29)19(28)17(35-23)9-33-22(31)12-5-13(25)18(27)14(26)6-12/h3-7,10,17,19-21,23-30H,8-9H2,1-2H3/t10-,17-,19-,20+,21-,23-/m1/s1. The van der Waals surface area contributed by atoms with Crippen molar-refractivity contribution in [3.05, 3.63) is 41.5 Å². The highest BCUT2D eigenvalue weighted by atomic mass is 16.7. The van der Waals surface area contributed by atoms with Crippen LogP contribution in [0.15, 0.2) is 30.3 Å². The Bertz CT molecular complexity index is 1020. The molecule has 1 aliphatic rings. The summed E-state index contributed by atoms with van der Waals surface area (Å²) in [5, 5.41) is 68.7. The SMILES string of the molecule is COc1cc([C@H](C)CO)ccc1O[C@@H]1O[C@H](COC(=O)c2cc(O)c(O)c(O)c2)[C@@H](O)[C@H](O)[C@H]1O. The van der Waals surface area contributed by atoms with Crippen molar-refractivity contribution < 1.29 is 59.5 Å². The molecule has 7 N–H and O–H groups in total. The third-order valence-corrected chi connectivity index (χ3v) is 5.63. The summed E-state index contributed by atoms with van der Waals surface area (Å²) in [6, 6.07) is 6.59. The number of aromatic hydroxyl groups is 3. The number of methoxy groups -OCH3 is 1. The maximum atomic E-state index is 12.3. The van der Waals surface area contributed by atoms with Crippen LogP contribution in [-0.2, 0) is 9.47 Å². The van der Waals surface area contributed by atoms with Crippen LogP contribution in [0.1, 0.15) is 28.8 Å². The number of hydrogen-bond acceptors (Lipinski definition) is 12. The lowest BCUT2D eigenvalue weighted by molar-refractivity contribution is -0.277. The Morgan fingerprint density at radius 2 is 1.66 bits per heavy atom. The van der Waals surface area contributed by atoms with Crippen LogP contribution in [-0.4, -0.2) is 92.7 Å². The van der Waals surface area contributed by atoms with E-state index < -0.39 is 60.5 Å². The van der Waals surface area contributed by atoms with Crippen LogP contribution in [0.5, 0.6) is 28.7 Å². The first-order valence-electron chi connectivity index (χ1n) is 10.6. The molecule has 12 heteroatoms. The molecule has 1 fully saturated rings. The zero-order valence-corrected chi connectivity index (χ0v) is 18.9. The summed E-state index contributed by atoms with van der Waals surface area (Å²) in [6.45, 7) is 1.14. The minimum Gasteiger partial charge on any atom is -0.504 e. The number of carbonyl (C=O) groups excluding carboxylic acids is 1. The topological polar surface area (TPSA) is 196 Å². The van der Waals surface area contributed by atoms with Crippen LogP contribution in [0.25, 0.3) is 0 Å². The number of esters is 1. The van der Waals surface area contributed by atoms with Gasteiger partial charge in [-0.15, -0.1) is 0 Å². The van der Waals surface area contributed by atoms with Crippen molar-refractivity contribution in [1.82, 2.24) is 0 Å². The number of aliphatic hydroxyl groups excluding tert-OH is 4. The summed E-state index contributed by atoms with van der Waals surface area (Å²) < 4.78 is 21.6. The molecule has 1 heterocycles. The number of benzene rings is 2. The van der Waals surface area contributed by atoms with Crippen LogP contribution in [0, 0.1) is 0 Å². The lowest BCUT2D eigenvalue weighted by atomic mass is 9.99. The van der Waals surface area contributed by atoms with E-state index in [2.05, 4.69) is 0 Å². The number of rotatable bonds is 8. The first-order valence-corrected chi connectivity index (χ1v) is 10.6. The molecule has 0 saturated carbocycles. The summed E-state index contributed by atoms with van der Waals surface area (Å²) in [4.78, 5) is 12.3. The Morgan fingerprint density at radius 3 is 2.26 bits per heavy atom. The molecule has 12 nitrogen and oxygen atoms in total. The summed E-state index contributed by atoms with van der Waals surface area (Å²) >= 11 is 0. The van der Waals surface area contributed by atoms with Gasteiger partial charge in [-0.1, -0.05) is 13.0 Å². The average molecular weight is 496 g/mol. The molecule has 0 amide bonds. The van der Waals surface area contributed by atoms with Gasteiger partial charge in [0.2, 0.25) is 6.29 Å². The van der Waals surface area contributed by atoms with Crippen molar-refractivity contribution in [2.75, 3.05) is 20.3 Å². The number of carbonyl (C=O) groups is 1. The molecule has 1 saturated heterocycles. The van der Waals surface area contributed by atoms with Crippen LogP contribution < -0.4 is 9.47 Å². The molecule has 0 aliphatic carbocycles. The maximum Gasteiger partial charge on any atom is 0.338 e. The Kier molecular flexibility index (Phi) is 8.25. The fraction of sp³-hybridized carbons (Fsp3) is 0.435. The lowest BCUT2D eigenvalue weighted by Gasteiger charge is -2.40. The largest absolute Gasteiger partial charge is 0.504 e. The fourth-order valence-corrected chi connectivity index (χ4v) is 3.43. The van der Waals surface area contributed by atoms with Crippen LogP contribution in [0.3, 0.4) is 0 Å². The number of aliphatic hydroxyl groups is 4. The minimum absolute atomic E-state index is 0.0817. The summed E-state index contributed by atoms with van der Waals surface area (Å²) in [5.41, 5.74) is 0.478. The van der Waals surface area contributed by atoms with Gasteiger partial charge in [0.15, 0.2) is 28.7 Å². The smallest absolute Gasteiger partial charge is 0.338 e. The quantitative estimate of drug-likeness (QED) is 0.190. The number of ether oxygens (including phenoxy) is 4. The van der Waals surface area contributed by atoms with Crippen LogP contribution in [0.4, 0.5) is 0 Å². The normalized spacial score (nSPS) is 25.0. The Morgan fingerprint density at radius 1 is 1.00 bits per heavy atom. The van der Waals surface area contributed by atoms with Crippen molar-refractivity contribution in [3.8, 4) is 28.7 Å².